The predicted molar refractivity (Wildman–Crippen MR) is 82.7 cm³/mol. The molecule has 1 unspecified atom stereocenters. The first-order valence-corrected chi connectivity index (χ1v) is 7.66. The number of carbonyl (C=O) groups is 1. The Labute approximate surface area is 122 Å². The molecule has 0 heterocycles. The number of hydrogen-bond donors (Lipinski definition) is 2. The van der Waals surface area contributed by atoms with Crippen molar-refractivity contribution >= 4 is 5.91 Å². The number of carbonyl (C=O) groups excluding carboxylic acids is 1. The van der Waals surface area contributed by atoms with Crippen molar-refractivity contribution in [2.24, 2.45) is 0 Å². The first-order valence-electron chi connectivity index (χ1n) is 7.66. The molecule has 20 heavy (non-hydrogen) atoms. The fraction of sp³-hybridized carbons (Fsp3) is 0.588. The molecule has 0 aromatic heterocycles. The summed E-state index contributed by atoms with van der Waals surface area (Å²) in [6, 6.07) is 6.98. The number of benzene rings is 1. The fourth-order valence-electron chi connectivity index (χ4n) is 2.96. The van der Waals surface area contributed by atoms with Gasteiger partial charge in [-0.3, -0.25) is 4.79 Å². The number of nitrogens with one attached hydrogen (secondary N) is 2. The van der Waals surface area contributed by atoms with Gasteiger partial charge in [0.2, 0.25) is 5.91 Å². The second-order valence-corrected chi connectivity index (χ2v) is 6.01. The lowest BCUT2D eigenvalue weighted by atomic mass is 10.00. The molecule has 0 spiro atoms. The normalized spacial score (nSPS) is 17.1. The predicted octanol–water partition coefficient (Wildman–Crippen LogP) is 3.01. The van der Waals surface area contributed by atoms with Gasteiger partial charge in [-0.05, 0) is 44.7 Å². The Kier molecular flexibility index (Phi) is 5.18. The van der Waals surface area contributed by atoms with E-state index >= 15 is 0 Å². The van der Waals surface area contributed by atoms with Gasteiger partial charge < -0.3 is 10.6 Å². The first kappa shape index (κ1) is 15.0. The summed E-state index contributed by atoms with van der Waals surface area (Å²) in [5.41, 5.74) is 3.67. The van der Waals surface area contributed by atoms with Crippen LogP contribution in [0.1, 0.15) is 55.3 Å². The smallest absolute Gasteiger partial charge is 0.234 e. The maximum Gasteiger partial charge on any atom is 0.234 e. The first-order chi connectivity index (χ1) is 9.56. The molecule has 3 heteroatoms. The lowest BCUT2D eigenvalue weighted by Gasteiger charge is -2.18. The summed E-state index contributed by atoms with van der Waals surface area (Å²) in [7, 11) is 0. The molecule has 1 aromatic carbocycles. The van der Waals surface area contributed by atoms with E-state index in [1.165, 1.54) is 42.4 Å². The zero-order chi connectivity index (χ0) is 14.5. The van der Waals surface area contributed by atoms with Crippen molar-refractivity contribution in [1.82, 2.24) is 10.6 Å². The van der Waals surface area contributed by atoms with E-state index < -0.39 is 0 Å². The SMILES string of the molecule is Cc1ccc(C)c(C(C)NC(=O)CNC2CCCC2)c1. The Morgan fingerprint density at radius 1 is 1.30 bits per heavy atom. The summed E-state index contributed by atoms with van der Waals surface area (Å²) in [5, 5.41) is 6.44. The van der Waals surface area contributed by atoms with Gasteiger partial charge >= 0.3 is 0 Å². The molecule has 1 aliphatic rings. The van der Waals surface area contributed by atoms with Gasteiger partial charge in [-0.25, -0.2) is 0 Å². The number of amides is 1. The molecular formula is C17H26N2O. The third kappa shape index (κ3) is 4.07. The molecule has 0 saturated heterocycles. The van der Waals surface area contributed by atoms with Gasteiger partial charge in [0.05, 0.1) is 12.6 Å². The van der Waals surface area contributed by atoms with E-state index in [9.17, 15) is 4.79 Å². The third-order valence-corrected chi connectivity index (χ3v) is 4.19. The molecule has 1 saturated carbocycles. The minimum absolute atomic E-state index is 0.0628. The summed E-state index contributed by atoms with van der Waals surface area (Å²) in [4.78, 5) is 12.0. The zero-order valence-electron chi connectivity index (χ0n) is 12.8. The van der Waals surface area contributed by atoms with Crippen LogP contribution in [0.3, 0.4) is 0 Å². The van der Waals surface area contributed by atoms with Crippen LogP contribution in [-0.4, -0.2) is 18.5 Å². The molecule has 0 bridgehead atoms. The summed E-state index contributed by atoms with van der Waals surface area (Å²) in [6.07, 6.45) is 5.00. The molecule has 0 aliphatic heterocycles. The highest BCUT2D eigenvalue weighted by atomic mass is 16.1. The molecule has 2 rings (SSSR count). The van der Waals surface area contributed by atoms with E-state index in [1.807, 2.05) is 0 Å². The summed E-state index contributed by atoms with van der Waals surface area (Å²) < 4.78 is 0. The van der Waals surface area contributed by atoms with E-state index in [2.05, 4.69) is 49.6 Å². The summed E-state index contributed by atoms with van der Waals surface area (Å²) >= 11 is 0. The van der Waals surface area contributed by atoms with Crippen LogP contribution in [0.2, 0.25) is 0 Å². The third-order valence-electron chi connectivity index (χ3n) is 4.19. The maximum atomic E-state index is 12.0. The highest BCUT2D eigenvalue weighted by Crippen LogP contribution is 2.19. The van der Waals surface area contributed by atoms with Crippen LogP contribution in [-0.2, 0) is 4.79 Å². The van der Waals surface area contributed by atoms with Crippen LogP contribution >= 0.6 is 0 Å². The molecule has 110 valence electrons. The minimum atomic E-state index is 0.0628. The van der Waals surface area contributed by atoms with E-state index in [0.717, 1.165) is 0 Å². The Balaban J connectivity index is 1.85. The van der Waals surface area contributed by atoms with Crippen LogP contribution in [0.25, 0.3) is 0 Å². The molecule has 1 aromatic rings. The van der Waals surface area contributed by atoms with E-state index in [0.29, 0.717) is 12.6 Å². The molecule has 3 nitrogen and oxygen atoms in total. The van der Waals surface area contributed by atoms with Crippen molar-refractivity contribution < 1.29 is 4.79 Å². The second-order valence-electron chi connectivity index (χ2n) is 6.01. The van der Waals surface area contributed by atoms with Crippen molar-refractivity contribution in [2.45, 2.75) is 58.5 Å². The number of hydrogen-bond acceptors (Lipinski definition) is 2. The second kappa shape index (κ2) is 6.89. The van der Waals surface area contributed by atoms with E-state index in [-0.39, 0.29) is 11.9 Å². The Morgan fingerprint density at radius 2 is 2.00 bits per heavy atom. The number of aryl methyl sites for hydroxylation is 2. The molecule has 1 fully saturated rings. The maximum absolute atomic E-state index is 12.0. The highest BCUT2D eigenvalue weighted by Gasteiger charge is 2.16. The lowest BCUT2D eigenvalue weighted by Crippen LogP contribution is -2.39. The fourth-order valence-corrected chi connectivity index (χ4v) is 2.96. The minimum Gasteiger partial charge on any atom is -0.348 e. The molecule has 1 atom stereocenters. The van der Waals surface area contributed by atoms with Crippen molar-refractivity contribution in [1.29, 1.82) is 0 Å². The molecule has 1 aliphatic carbocycles. The Morgan fingerprint density at radius 3 is 2.70 bits per heavy atom. The van der Waals surface area contributed by atoms with Crippen molar-refractivity contribution in [3.8, 4) is 0 Å². The monoisotopic (exact) mass is 274 g/mol. The van der Waals surface area contributed by atoms with Crippen LogP contribution in [0.4, 0.5) is 0 Å². The highest BCUT2D eigenvalue weighted by molar-refractivity contribution is 5.78. The number of rotatable bonds is 5. The van der Waals surface area contributed by atoms with Gasteiger partial charge in [0, 0.05) is 6.04 Å². The van der Waals surface area contributed by atoms with Crippen molar-refractivity contribution in [3.05, 3.63) is 34.9 Å². The molecule has 0 radical (unpaired) electrons. The summed E-state index contributed by atoms with van der Waals surface area (Å²) in [6.45, 7) is 6.66. The van der Waals surface area contributed by atoms with Crippen LogP contribution < -0.4 is 10.6 Å². The quantitative estimate of drug-likeness (QED) is 0.866. The van der Waals surface area contributed by atoms with Gasteiger partial charge in [0.1, 0.15) is 0 Å². The Bertz CT molecular complexity index is 464. The van der Waals surface area contributed by atoms with Crippen molar-refractivity contribution in [2.75, 3.05) is 6.54 Å². The van der Waals surface area contributed by atoms with Gasteiger partial charge in [-0.15, -0.1) is 0 Å². The van der Waals surface area contributed by atoms with Gasteiger partial charge in [0.15, 0.2) is 0 Å². The van der Waals surface area contributed by atoms with Gasteiger partial charge in [-0.1, -0.05) is 36.6 Å². The van der Waals surface area contributed by atoms with Crippen LogP contribution in [0.5, 0.6) is 0 Å². The Hall–Kier alpha value is -1.35. The van der Waals surface area contributed by atoms with Crippen LogP contribution in [0.15, 0.2) is 18.2 Å². The van der Waals surface area contributed by atoms with Crippen molar-refractivity contribution in [3.63, 3.8) is 0 Å². The molecule has 1 amide bonds. The topological polar surface area (TPSA) is 41.1 Å². The van der Waals surface area contributed by atoms with Gasteiger partial charge in [0.25, 0.3) is 0 Å². The van der Waals surface area contributed by atoms with E-state index in [1.54, 1.807) is 0 Å². The standard InChI is InChI=1S/C17H26N2O/c1-12-8-9-13(2)16(10-12)14(3)19-17(20)11-18-15-6-4-5-7-15/h8-10,14-15,18H,4-7,11H2,1-3H3,(H,19,20). The average Bonchev–Trinajstić information content (AvgIpc) is 2.92. The van der Waals surface area contributed by atoms with Gasteiger partial charge in [-0.2, -0.15) is 0 Å². The summed E-state index contributed by atoms with van der Waals surface area (Å²) in [5.74, 6) is 0.0882. The molecular weight excluding hydrogens is 248 g/mol. The zero-order valence-corrected chi connectivity index (χ0v) is 12.8. The average molecular weight is 274 g/mol. The molecule has 2 N–H and O–H groups in total. The lowest BCUT2D eigenvalue weighted by molar-refractivity contribution is -0.121. The van der Waals surface area contributed by atoms with Crippen LogP contribution in [0, 0.1) is 13.8 Å². The van der Waals surface area contributed by atoms with E-state index in [4.69, 9.17) is 0 Å². The largest absolute Gasteiger partial charge is 0.348 e.